The van der Waals surface area contributed by atoms with Gasteiger partial charge in [-0.15, -0.1) is 0 Å². The summed E-state index contributed by atoms with van der Waals surface area (Å²) in [5.41, 5.74) is 3.45. The number of benzene rings is 1. The minimum atomic E-state index is 0.0365. The fourth-order valence-corrected chi connectivity index (χ4v) is 2.74. The van der Waals surface area contributed by atoms with E-state index in [9.17, 15) is 0 Å². The average molecular weight is 275 g/mol. The Labute approximate surface area is 121 Å². The average Bonchev–Trinajstić information content (AvgIpc) is 2.75. The summed E-state index contributed by atoms with van der Waals surface area (Å²) in [6.45, 7) is 9.56. The fourth-order valence-electron chi connectivity index (χ4n) is 2.74. The van der Waals surface area contributed by atoms with E-state index in [1.165, 1.54) is 16.5 Å². The molecule has 1 N–H and O–H groups in total. The van der Waals surface area contributed by atoms with E-state index in [1.807, 2.05) is 7.05 Å². The van der Waals surface area contributed by atoms with Crippen LogP contribution in [0.2, 0.25) is 0 Å². The van der Waals surface area contributed by atoms with Crippen LogP contribution in [0.3, 0.4) is 0 Å². The normalized spacial score (nSPS) is 12.1. The number of fused-ring (bicyclic) bond motifs is 1. The third-order valence-electron chi connectivity index (χ3n) is 3.60. The number of hydrogen-bond donors (Lipinski definition) is 1. The first kappa shape index (κ1) is 14.9. The van der Waals surface area contributed by atoms with Crippen LogP contribution in [-0.4, -0.2) is 14.2 Å². The standard InChI is InChI=1S/C17H25NO2/c1-7-11-8-12-15(17(2,3)4)14(10-18-5)20-16(12)13(9-11)19-6/h8-9,18H,7,10H2,1-6H3. The second-order valence-electron chi connectivity index (χ2n) is 6.21. The Bertz CT molecular complexity index is 605. The summed E-state index contributed by atoms with van der Waals surface area (Å²) in [4.78, 5) is 0. The minimum absolute atomic E-state index is 0.0365. The van der Waals surface area contributed by atoms with Crippen LogP contribution >= 0.6 is 0 Å². The molecule has 0 bridgehead atoms. The second-order valence-corrected chi connectivity index (χ2v) is 6.21. The monoisotopic (exact) mass is 275 g/mol. The second kappa shape index (κ2) is 5.49. The zero-order valence-electron chi connectivity index (χ0n) is 13.4. The molecule has 20 heavy (non-hydrogen) atoms. The third-order valence-corrected chi connectivity index (χ3v) is 3.60. The summed E-state index contributed by atoms with van der Waals surface area (Å²) in [5, 5.41) is 4.37. The number of ether oxygens (including phenoxy) is 1. The van der Waals surface area contributed by atoms with Crippen molar-refractivity contribution in [2.24, 2.45) is 0 Å². The topological polar surface area (TPSA) is 34.4 Å². The summed E-state index contributed by atoms with van der Waals surface area (Å²) in [5.74, 6) is 1.83. The van der Waals surface area contributed by atoms with E-state index >= 15 is 0 Å². The molecule has 0 fully saturated rings. The molecule has 2 rings (SSSR count). The van der Waals surface area contributed by atoms with Gasteiger partial charge in [-0.25, -0.2) is 0 Å². The van der Waals surface area contributed by atoms with Gasteiger partial charge in [-0.1, -0.05) is 27.7 Å². The maximum absolute atomic E-state index is 6.10. The molecule has 3 nitrogen and oxygen atoms in total. The van der Waals surface area contributed by atoms with Gasteiger partial charge in [-0.05, 0) is 36.6 Å². The van der Waals surface area contributed by atoms with Gasteiger partial charge in [0.15, 0.2) is 11.3 Å². The van der Waals surface area contributed by atoms with E-state index in [0.29, 0.717) is 0 Å². The molecule has 0 saturated heterocycles. The van der Waals surface area contributed by atoms with Crippen LogP contribution in [0.5, 0.6) is 5.75 Å². The molecule has 1 aromatic heterocycles. The Hall–Kier alpha value is -1.48. The lowest BCUT2D eigenvalue weighted by molar-refractivity contribution is 0.405. The SMILES string of the molecule is CCc1cc(OC)c2oc(CNC)c(C(C)(C)C)c2c1. The van der Waals surface area contributed by atoms with Gasteiger partial charge in [0.1, 0.15) is 5.76 Å². The van der Waals surface area contributed by atoms with Crippen LogP contribution in [0, 0.1) is 0 Å². The lowest BCUT2D eigenvalue weighted by Gasteiger charge is -2.19. The van der Waals surface area contributed by atoms with E-state index in [1.54, 1.807) is 7.11 Å². The maximum Gasteiger partial charge on any atom is 0.176 e. The van der Waals surface area contributed by atoms with Crippen LogP contribution in [0.25, 0.3) is 11.0 Å². The molecule has 2 aromatic rings. The summed E-state index contributed by atoms with van der Waals surface area (Å²) >= 11 is 0. The van der Waals surface area contributed by atoms with Crippen LogP contribution in [0.1, 0.15) is 44.6 Å². The van der Waals surface area contributed by atoms with E-state index < -0.39 is 0 Å². The van der Waals surface area contributed by atoms with Crippen molar-refractivity contribution in [2.75, 3.05) is 14.2 Å². The minimum Gasteiger partial charge on any atom is -0.493 e. The van der Waals surface area contributed by atoms with Crippen molar-refractivity contribution in [3.05, 3.63) is 29.0 Å². The molecule has 0 aliphatic heterocycles. The Kier molecular flexibility index (Phi) is 4.09. The first-order valence-corrected chi connectivity index (χ1v) is 7.19. The molecular weight excluding hydrogens is 250 g/mol. The number of furan rings is 1. The molecule has 0 aliphatic rings. The number of aryl methyl sites for hydroxylation is 1. The van der Waals surface area contributed by atoms with E-state index in [2.05, 4.69) is 45.1 Å². The van der Waals surface area contributed by atoms with E-state index in [-0.39, 0.29) is 5.41 Å². The number of methoxy groups -OCH3 is 1. The number of nitrogens with one attached hydrogen (secondary N) is 1. The highest BCUT2D eigenvalue weighted by molar-refractivity contribution is 5.89. The van der Waals surface area contributed by atoms with E-state index in [4.69, 9.17) is 9.15 Å². The molecule has 0 aliphatic carbocycles. The smallest absolute Gasteiger partial charge is 0.176 e. The van der Waals surface area contributed by atoms with Gasteiger partial charge in [0, 0.05) is 10.9 Å². The zero-order valence-corrected chi connectivity index (χ0v) is 13.4. The van der Waals surface area contributed by atoms with E-state index in [0.717, 1.165) is 30.1 Å². The number of hydrogen-bond acceptors (Lipinski definition) is 3. The van der Waals surface area contributed by atoms with Crippen molar-refractivity contribution in [3.63, 3.8) is 0 Å². The summed E-state index contributed by atoms with van der Waals surface area (Å²) in [6, 6.07) is 4.31. The Morgan fingerprint density at radius 2 is 1.95 bits per heavy atom. The first-order chi connectivity index (χ1) is 9.42. The first-order valence-electron chi connectivity index (χ1n) is 7.19. The molecule has 3 heteroatoms. The molecule has 1 aromatic carbocycles. The van der Waals surface area contributed by atoms with Crippen molar-refractivity contribution in [2.45, 2.75) is 46.1 Å². The van der Waals surface area contributed by atoms with Gasteiger partial charge in [0.25, 0.3) is 0 Å². The third kappa shape index (κ3) is 2.55. The van der Waals surface area contributed by atoms with Gasteiger partial charge in [0.05, 0.1) is 13.7 Å². The molecule has 0 radical (unpaired) electrons. The van der Waals surface area contributed by atoms with Gasteiger partial charge in [-0.2, -0.15) is 0 Å². The molecule has 0 atom stereocenters. The van der Waals surface area contributed by atoms with Crippen LogP contribution in [-0.2, 0) is 18.4 Å². The molecule has 0 spiro atoms. The van der Waals surface area contributed by atoms with Gasteiger partial charge < -0.3 is 14.5 Å². The Balaban J connectivity index is 2.81. The summed E-state index contributed by atoms with van der Waals surface area (Å²) < 4.78 is 11.6. The Morgan fingerprint density at radius 3 is 2.45 bits per heavy atom. The molecule has 110 valence electrons. The highest BCUT2D eigenvalue weighted by Gasteiger charge is 2.26. The summed E-state index contributed by atoms with van der Waals surface area (Å²) in [6.07, 6.45) is 0.989. The predicted octanol–water partition coefficient (Wildman–Crippen LogP) is 4.02. The molecule has 0 amide bonds. The van der Waals surface area contributed by atoms with Crippen molar-refractivity contribution < 1.29 is 9.15 Å². The Morgan fingerprint density at radius 1 is 1.25 bits per heavy atom. The van der Waals surface area contributed by atoms with Gasteiger partial charge in [0.2, 0.25) is 0 Å². The van der Waals surface area contributed by atoms with Crippen LogP contribution in [0.4, 0.5) is 0 Å². The number of rotatable bonds is 4. The lowest BCUT2D eigenvalue weighted by atomic mass is 9.84. The van der Waals surface area contributed by atoms with Gasteiger partial charge >= 0.3 is 0 Å². The quantitative estimate of drug-likeness (QED) is 0.915. The molecular formula is C17H25NO2. The van der Waals surface area contributed by atoms with Crippen molar-refractivity contribution >= 4 is 11.0 Å². The van der Waals surface area contributed by atoms with Crippen molar-refractivity contribution in [1.82, 2.24) is 5.32 Å². The van der Waals surface area contributed by atoms with Crippen LogP contribution in [0.15, 0.2) is 16.5 Å². The predicted molar refractivity (Wildman–Crippen MR) is 83.6 cm³/mol. The zero-order chi connectivity index (χ0) is 14.9. The highest BCUT2D eigenvalue weighted by atomic mass is 16.5. The van der Waals surface area contributed by atoms with Gasteiger partial charge in [-0.3, -0.25) is 0 Å². The lowest BCUT2D eigenvalue weighted by Crippen LogP contribution is -2.16. The molecule has 0 saturated carbocycles. The highest BCUT2D eigenvalue weighted by Crippen LogP contribution is 2.40. The largest absolute Gasteiger partial charge is 0.493 e. The van der Waals surface area contributed by atoms with Crippen molar-refractivity contribution in [3.8, 4) is 5.75 Å². The molecule has 0 unspecified atom stereocenters. The molecule has 1 heterocycles. The maximum atomic E-state index is 6.10. The van der Waals surface area contributed by atoms with Crippen LogP contribution < -0.4 is 10.1 Å². The fraction of sp³-hybridized carbons (Fsp3) is 0.529. The van der Waals surface area contributed by atoms with Crippen molar-refractivity contribution in [1.29, 1.82) is 0 Å². The summed E-state index contributed by atoms with van der Waals surface area (Å²) in [7, 11) is 3.64.